The molecule has 0 aromatic carbocycles. The molecule has 1 N–H and O–H groups in total. The highest BCUT2D eigenvalue weighted by Crippen LogP contribution is 2.18. The van der Waals surface area contributed by atoms with Gasteiger partial charge < -0.3 is 0 Å². The van der Waals surface area contributed by atoms with Gasteiger partial charge in [-0.05, 0) is 26.2 Å². The van der Waals surface area contributed by atoms with Crippen molar-refractivity contribution in [1.29, 1.82) is 0 Å². The summed E-state index contributed by atoms with van der Waals surface area (Å²) < 4.78 is 30.8. The summed E-state index contributed by atoms with van der Waals surface area (Å²) in [7, 11) is -3.44. The first kappa shape index (κ1) is 15.4. The molecule has 0 aliphatic carbocycles. The minimum absolute atomic E-state index is 0.329. The smallest absolute Gasteiger partial charge is 0.249 e. The minimum Gasteiger partial charge on any atom is -0.249 e. The summed E-state index contributed by atoms with van der Waals surface area (Å²) in [5, 5.41) is 4.10. The van der Waals surface area contributed by atoms with E-state index in [-0.39, 0.29) is 6.04 Å². The number of nitrogens with zero attached hydrogens (tertiary/aromatic N) is 4. The average molecular weight is 301 g/mol. The highest BCUT2D eigenvalue weighted by atomic mass is 32.2. The molecule has 8 heteroatoms. The zero-order valence-corrected chi connectivity index (χ0v) is 12.9. The first-order chi connectivity index (χ1) is 9.58. The number of aromatic nitrogens is 3. The Bertz CT molecular complexity index is 522. The van der Waals surface area contributed by atoms with Gasteiger partial charge in [-0.3, -0.25) is 0 Å². The summed E-state index contributed by atoms with van der Waals surface area (Å²) in [5.74, 6) is 0.676. The van der Waals surface area contributed by atoms with Crippen LogP contribution in [-0.2, 0) is 16.8 Å². The molecule has 1 aromatic rings. The number of piperidine rings is 1. The number of hydrogen-bond donors (Lipinski definition) is 1. The fraction of sp³-hybridized carbons (Fsp3) is 0.833. The molecule has 2 rings (SSSR count). The molecule has 0 radical (unpaired) electrons. The summed E-state index contributed by atoms with van der Waals surface area (Å²) in [6.45, 7) is 5.79. The van der Waals surface area contributed by atoms with Gasteiger partial charge in [0, 0.05) is 19.6 Å². The summed E-state index contributed by atoms with van der Waals surface area (Å²) in [6.07, 6.45) is 5.08. The highest BCUT2D eigenvalue weighted by Gasteiger charge is 2.28. The maximum Gasteiger partial charge on any atom is 0.280 e. The van der Waals surface area contributed by atoms with Crippen LogP contribution in [0.2, 0.25) is 0 Å². The van der Waals surface area contributed by atoms with Gasteiger partial charge in [0.05, 0.1) is 6.04 Å². The van der Waals surface area contributed by atoms with Crippen molar-refractivity contribution in [2.45, 2.75) is 52.1 Å². The van der Waals surface area contributed by atoms with E-state index in [1.54, 1.807) is 4.68 Å². The summed E-state index contributed by atoms with van der Waals surface area (Å²) in [6, 6.07) is -0.329. The zero-order chi connectivity index (χ0) is 14.6. The van der Waals surface area contributed by atoms with E-state index in [1.807, 2.05) is 13.8 Å². The molecule has 1 aromatic heterocycles. The van der Waals surface area contributed by atoms with Gasteiger partial charge in [-0.15, -0.1) is 0 Å². The van der Waals surface area contributed by atoms with Crippen LogP contribution in [0.4, 0.5) is 0 Å². The van der Waals surface area contributed by atoms with Gasteiger partial charge in [0.1, 0.15) is 12.2 Å². The van der Waals surface area contributed by atoms with Crippen LogP contribution in [0.1, 0.15) is 51.4 Å². The molecule has 1 aliphatic rings. The van der Waals surface area contributed by atoms with Crippen molar-refractivity contribution in [3.05, 3.63) is 12.2 Å². The van der Waals surface area contributed by atoms with Crippen LogP contribution >= 0.6 is 0 Å². The second-order valence-electron chi connectivity index (χ2n) is 4.98. The fourth-order valence-corrected chi connectivity index (χ4v) is 3.98. The third-order valence-electron chi connectivity index (χ3n) is 3.61. The van der Waals surface area contributed by atoms with Crippen molar-refractivity contribution in [3.63, 3.8) is 0 Å². The van der Waals surface area contributed by atoms with Gasteiger partial charge in [-0.1, -0.05) is 13.3 Å². The molecule has 20 heavy (non-hydrogen) atoms. The van der Waals surface area contributed by atoms with E-state index in [0.717, 1.165) is 19.3 Å². The third kappa shape index (κ3) is 3.36. The first-order valence-corrected chi connectivity index (χ1v) is 8.67. The molecule has 1 aliphatic heterocycles. The molecule has 1 saturated heterocycles. The number of aryl methyl sites for hydroxylation is 1. The Morgan fingerprint density at radius 2 is 2.00 bits per heavy atom. The lowest BCUT2D eigenvalue weighted by atomic mass is 10.2. The predicted octanol–water partition coefficient (Wildman–Crippen LogP) is 1.07. The molecular weight excluding hydrogens is 278 g/mol. The fourth-order valence-electron chi connectivity index (χ4n) is 2.46. The monoisotopic (exact) mass is 301 g/mol. The van der Waals surface area contributed by atoms with Crippen molar-refractivity contribution in [2.75, 3.05) is 13.1 Å². The van der Waals surface area contributed by atoms with Gasteiger partial charge in [-0.25, -0.2) is 9.67 Å². The average Bonchev–Trinajstić information content (AvgIpc) is 2.94. The van der Waals surface area contributed by atoms with Gasteiger partial charge in [-0.2, -0.15) is 22.5 Å². The second kappa shape index (κ2) is 6.64. The molecule has 0 spiro atoms. The topological polar surface area (TPSA) is 80.1 Å². The summed E-state index contributed by atoms with van der Waals surface area (Å²) in [4.78, 5) is 4.19. The third-order valence-corrected chi connectivity index (χ3v) is 5.24. The SMILES string of the molecule is CCC(NS(=O)(=O)N1CCCCC1)c1ncnn1CC. The van der Waals surface area contributed by atoms with Crippen molar-refractivity contribution >= 4 is 10.2 Å². The van der Waals surface area contributed by atoms with Gasteiger partial charge in [0.25, 0.3) is 10.2 Å². The van der Waals surface area contributed by atoms with E-state index in [2.05, 4.69) is 14.8 Å². The van der Waals surface area contributed by atoms with Crippen molar-refractivity contribution < 1.29 is 8.42 Å². The van der Waals surface area contributed by atoms with Crippen LogP contribution in [0.15, 0.2) is 6.33 Å². The Morgan fingerprint density at radius 1 is 1.30 bits per heavy atom. The molecule has 1 atom stereocenters. The molecule has 114 valence electrons. The normalized spacial score (nSPS) is 19.1. The highest BCUT2D eigenvalue weighted by molar-refractivity contribution is 7.87. The molecule has 1 fully saturated rings. The summed E-state index contributed by atoms with van der Waals surface area (Å²) in [5.41, 5.74) is 0. The van der Waals surface area contributed by atoms with Crippen LogP contribution in [0.3, 0.4) is 0 Å². The Kier molecular flexibility index (Phi) is 5.11. The lowest BCUT2D eigenvalue weighted by molar-refractivity contribution is 0.336. The largest absolute Gasteiger partial charge is 0.280 e. The van der Waals surface area contributed by atoms with E-state index in [4.69, 9.17) is 0 Å². The maximum atomic E-state index is 12.4. The first-order valence-electron chi connectivity index (χ1n) is 7.23. The Hall–Kier alpha value is -0.990. The number of rotatable bonds is 6. The van der Waals surface area contributed by atoms with Crippen LogP contribution in [0.5, 0.6) is 0 Å². The molecule has 7 nitrogen and oxygen atoms in total. The molecule has 0 bridgehead atoms. The van der Waals surface area contributed by atoms with E-state index in [9.17, 15) is 8.42 Å². The number of hydrogen-bond acceptors (Lipinski definition) is 4. The summed E-state index contributed by atoms with van der Waals surface area (Å²) >= 11 is 0. The lowest BCUT2D eigenvalue weighted by Crippen LogP contribution is -2.45. The van der Waals surface area contributed by atoms with Gasteiger partial charge in [0.15, 0.2) is 0 Å². The Labute approximate surface area is 120 Å². The second-order valence-corrected chi connectivity index (χ2v) is 6.68. The van der Waals surface area contributed by atoms with Crippen LogP contribution in [0, 0.1) is 0 Å². The Balaban J connectivity index is 2.13. The van der Waals surface area contributed by atoms with Crippen LogP contribution < -0.4 is 4.72 Å². The van der Waals surface area contributed by atoms with Crippen molar-refractivity contribution in [2.24, 2.45) is 0 Å². The van der Waals surface area contributed by atoms with E-state index in [1.165, 1.54) is 10.6 Å². The van der Waals surface area contributed by atoms with Crippen molar-refractivity contribution in [3.8, 4) is 0 Å². The minimum atomic E-state index is -3.44. The van der Waals surface area contributed by atoms with E-state index >= 15 is 0 Å². The predicted molar refractivity (Wildman–Crippen MR) is 76.2 cm³/mol. The van der Waals surface area contributed by atoms with Gasteiger partial charge >= 0.3 is 0 Å². The van der Waals surface area contributed by atoms with Gasteiger partial charge in [0.2, 0.25) is 0 Å². The maximum absolute atomic E-state index is 12.4. The zero-order valence-electron chi connectivity index (χ0n) is 12.1. The molecule has 1 unspecified atom stereocenters. The quantitative estimate of drug-likeness (QED) is 0.852. The Morgan fingerprint density at radius 3 is 2.60 bits per heavy atom. The lowest BCUT2D eigenvalue weighted by Gasteiger charge is -2.28. The van der Waals surface area contributed by atoms with Crippen LogP contribution in [0.25, 0.3) is 0 Å². The van der Waals surface area contributed by atoms with E-state index < -0.39 is 10.2 Å². The standard InChI is InChI=1S/C12H23N5O2S/c1-3-11(12-13-10-14-17(12)4-2)15-20(18,19)16-8-6-5-7-9-16/h10-11,15H,3-9H2,1-2H3. The van der Waals surface area contributed by atoms with E-state index in [0.29, 0.717) is 31.9 Å². The number of nitrogens with one attached hydrogen (secondary N) is 1. The van der Waals surface area contributed by atoms with Crippen molar-refractivity contribution in [1.82, 2.24) is 23.8 Å². The molecule has 0 amide bonds. The molecule has 0 saturated carbocycles. The van der Waals surface area contributed by atoms with Crippen LogP contribution in [-0.4, -0.2) is 40.6 Å². The molecular formula is C12H23N5O2S. The molecule has 2 heterocycles.